The van der Waals surface area contributed by atoms with Gasteiger partial charge in [0, 0.05) is 17.1 Å². The van der Waals surface area contributed by atoms with Gasteiger partial charge in [-0.15, -0.1) is 0 Å². The predicted octanol–water partition coefficient (Wildman–Crippen LogP) is 3.94. The van der Waals surface area contributed by atoms with E-state index < -0.39 is 0 Å². The van der Waals surface area contributed by atoms with Gasteiger partial charge in [-0.1, -0.05) is 15.9 Å². The van der Waals surface area contributed by atoms with Gasteiger partial charge in [0.25, 0.3) is 0 Å². The van der Waals surface area contributed by atoms with Crippen LogP contribution in [0.3, 0.4) is 0 Å². The first-order valence-corrected chi connectivity index (χ1v) is 8.63. The van der Waals surface area contributed by atoms with Crippen LogP contribution in [-0.4, -0.2) is 32.9 Å². The summed E-state index contributed by atoms with van der Waals surface area (Å²) < 4.78 is 12.4. The van der Waals surface area contributed by atoms with Gasteiger partial charge in [0.05, 0.1) is 13.2 Å². The number of nitrogens with one attached hydrogen (secondary N) is 1. The molecule has 0 bridgehead atoms. The van der Waals surface area contributed by atoms with Crippen LogP contribution in [0.4, 0.5) is 0 Å². The van der Waals surface area contributed by atoms with Crippen molar-refractivity contribution < 1.29 is 9.47 Å². The second kappa shape index (κ2) is 8.76. The molecule has 2 atom stereocenters. The molecule has 0 amide bonds. The molecule has 4 heteroatoms. The van der Waals surface area contributed by atoms with Gasteiger partial charge in [-0.3, -0.25) is 0 Å². The van der Waals surface area contributed by atoms with Gasteiger partial charge >= 0.3 is 0 Å². The third kappa shape index (κ3) is 5.28. The molecule has 1 aliphatic rings. The summed E-state index contributed by atoms with van der Waals surface area (Å²) in [5.41, 5.74) is 1.25. The van der Waals surface area contributed by atoms with E-state index in [0.717, 1.165) is 36.1 Å². The Morgan fingerprint density at radius 1 is 1.43 bits per heavy atom. The van der Waals surface area contributed by atoms with Crippen molar-refractivity contribution in [3.05, 3.63) is 28.2 Å². The van der Waals surface area contributed by atoms with E-state index in [0.29, 0.717) is 12.1 Å². The van der Waals surface area contributed by atoms with E-state index in [1.54, 1.807) is 7.11 Å². The zero-order chi connectivity index (χ0) is 15.1. The number of rotatable bonds is 7. The van der Waals surface area contributed by atoms with Crippen LogP contribution in [0.15, 0.2) is 22.7 Å². The Hall–Kier alpha value is -0.580. The molecule has 0 spiro atoms. The zero-order valence-corrected chi connectivity index (χ0v) is 14.6. The topological polar surface area (TPSA) is 30.5 Å². The standard InChI is InChI=1S/C17H26BrNO2/c1-19-15(7-8-16-5-3-4-10-21-16)12-13-11-14(18)6-9-17(13)20-2/h6,9,11,15-16,19H,3-5,7-8,10,12H2,1-2H3. The number of methoxy groups -OCH3 is 1. The Labute approximate surface area is 136 Å². The smallest absolute Gasteiger partial charge is 0.122 e. The van der Waals surface area contributed by atoms with E-state index in [1.807, 2.05) is 19.2 Å². The van der Waals surface area contributed by atoms with E-state index in [2.05, 4.69) is 27.3 Å². The number of likely N-dealkylation sites (N-methyl/N-ethyl adjacent to an activating group) is 1. The summed E-state index contributed by atoms with van der Waals surface area (Å²) in [7, 11) is 3.77. The summed E-state index contributed by atoms with van der Waals surface area (Å²) >= 11 is 3.54. The van der Waals surface area contributed by atoms with Crippen LogP contribution in [0.5, 0.6) is 5.75 Å². The lowest BCUT2D eigenvalue weighted by atomic mass is 9.97. The van der Waals surface area contributed by atoms with Gasteiger partial charge in [-0.25, -0.2) is 0 Å². The maximum Gasteiger partial charge on any atom is 0.122 e. The Balaban J connectivity index is 1.90. The van der Waals surface area contributed by atoms with Gasteiger partial charge < -0.3 is 14.8 Å². The molecule has 3 nitrogen and oxygen atoms in total. The second-order valence-electron chi connectivity index (χ2n) is 5.71. The van der Waals surface area contributed by atoms with E-state index in [4.69, 9.17) is 9.47 Å². The molecule has 0 aromatic heterocycles. The molecule has 1 aliphatic heterocycles. The molecule has 118 valence electrons. The molecule has 1 aromatic carbocycles. The first-order chi connectivity index (χ1) is 10.2. The second-order valence-corrected chi connectivity index (χ2v) is 6.63. The van der Waals surface area contributed by atoms with Crippen LogP contribution in [0.25, 0.3) is 0 Å². The minimum atomic E-state index is 0.457. The predicted molar refractivity (Wildman–Crippen MR) is 90.1 cm³/mol. The maximum atomic E-state index is 5.83. The summed E-state index contributed by atoms with van der Waals surface area (Å²) in [6.07, 6.45) is 7.47. The Bertz CT molecular complexity index is 433. The van der Waals surface area contributed by atoms with Crippen LogP contribution < -0.4 is 10.1 Å². The maximum absolute atomic E-state index is 5.83. The van der Waals surface area contributed by atoms with E-state index in [-0.39, 0.29) is 0 Å². The van der Waals surface area contributed by atoms with Crippen molar-refractivity contribution in [1.29, 1.82) is 0 Å². The van der Waals surface area contributed by atoms with Crippen molar-refractivity contribution in [2.24, 2.45) is 0 Å². The lowest BCUT2D eigenvalue weighted by Crippen LogP contribution is -2.30. The molecule has 0 saturated carbocycles. The number of hydrogen-bond donors (Lipinski definition) is 1. The van der Waals surface area contributed by atoms with Crippen LogP contribution in [0.2, 0.25) is 0 Å². The number of hydrogen-bond acceptors (Lipinski definition) is 3. The molecular formula is C17H26BrNO2. The molecule has 1 heterocycles. The Kier molecular flexibility index (Phi) is 7.00. The Morgan fingerprint density at radius 3 is 2.95 bits per heavy atom. The third-order valence-electron chi connectivity index (χ3n) is 4.23. The minimum Gasteiger partial charge on any atom is -0.496 e. The fraction of sp³-hybridized carbons (Fsp3) is 0.647. The lowest BCUT2D eigenvalue weighted by Gasteiger charge is -2.25. The summed E-state index contributed by atoms with van der Waals surface area (Å²) in [5.74, 6) is 0.965. The van der Waals surface area contributed by atoms with Gasteiger partial charge in [0.2, 0.25) is 0 Å². The van der Waals surface area contributed by atoms with E-state index >= 15 is 0 Å². The number of ether oxygens (including phenoxy) is 2. The highest BCUT2D eigenvalue weighted by Gasteiger charge is 2.17. The van der Waals surface area contributed by atoms with Gasteiger partial charge in [0.1, 0.15) is 5.75 Å². The quantitative estimate of drug-likeness (QED) is 0.803. The van der Waals surface area contributed by atoms with Gasteiger partial charge in [-0.2, -0.15) is 0 Å². The molecular weight excluding hydrogens is 330 g/mol. The summed E-state index contributed by atoms with van der Waals surface area (Å²) in [4.78, 5) is 0. The highest BCUT2D eigenvalue weighted by atomic mass is 79.9. The van der Waals surface area contributed by atoms with Crippen molar-refractivity contribution in [3.8, 4) is 5.75 Å². The SMILES string of the molecule is CNC(CCC1CCCCO1)Cc1cc(Br)ccc1OC. The fourth-order valence-electron chi connectivity index (χ4n) is 2.94. The lowest BCUT2D eigenvalue weighted by molar-refractivity contribution is 0.00869. The van der Waals surface area contributed by atoms with Crippen LogP contribution in [-0.2, 0) is 11.2 Å². The summed E-state index contributed by atoms with van der Waals surface area (Å²) in [5, 5.41) is 3.43. The van der Waals surface area contributed by atoms with Crippen molar-refractivity contribution >= 4 is 15.9 Å². The van der Waals surface area contributed by atoms with Crippen molar-refractivity contribution in [2.45, 2.75) is 50.7 Å². The highest BCUT2D eigenvalue weighted by Crippen LogP contribution is 2.25. The molecule has 0 aliphatic carbocycles. The minimum absolute atomic E-state index is 0.457. The average molecular weight is 356 g/mol. The van der Waals surface area contributed by atoms with Crippen molar-refractivity contribution in [2.75, 3.05) is 20.8 Å². The molecule has 2 rings (SSSR count). The first-order valence-electron chi connectivity index (χ1n) is 7.84. The van der Waals surface area contributed by atoms with Crippen molar-refractivity contribution in [3.63, 3.8) is 0 Å². The van der Waals surface area contributed by atoms with Crippen LogP contribution in [0, 0.1) is 0 Å². The zero-order valence-electron chi connectivity index (χ0n) is 13.0. The van der Waals surface area contributed by atoms with E-state index in [9.17, 15) is 0 Å². The van der Waals surface area contributed by atoms with Gasteiger partial charge in [0.15, 0.2) is 0 Å². The molecule has 1 aromatic rings. The fourth-order valence-corrected chi connectivity index (χ4v) is 3.35. The summed E-state index contributed by atoms with van der Waals surface area (Å²) in [6.45, 7) is 0.939. The normalized spacial score (nSPS) is 20.2. The average Bonchev–Trinajstić information content (AvgIpc) is 2.52. The van der Waals surface area contributed by atoms with Crippen LogP contribution in [0.1, 0.15) is 37.7 Å². The molecule has 0 radical (unpaired) electrons. The molecule has 1 fully saturated rings. The van der Waals surface area contributed by atoms with Crippen molar-refractivity contribution in [1.82, 2.24) is 5.32 Å². The molecule has 1 N–H and O–H groups in total. The number of halogens is 1. The molecule has 21 heavy (non-hydrogen) atoms. The monoisotopic (exact) mass is 355 g/mol. The third-order valence-corrected chi connectivity index (χ3v) is 4.72. The van der Waals surface area contributed by atoms with Gasteiger partial charge in [-0.05, 0) is 69.3 Å². The highest BCUT2D eigenvalue weighted by molar-refractivity contribution is 9.10. The largest absolute Gasteiger partial charge is 0.496 e. The molecule has 1 saturated heterocycles. The van der Waals surface area contributed by atoms with E-state index in [1.165, 1.54) is 24.8 Å². The first kappa shape index (κ1) is 16.8. The molecule has 2 unspecified atom stereocenters. The summed E-state index contributed by atoms with van der Waals surface area (Å²) in [6, 6.07) is 6.65. The Morgan fingerprint density at radius 2 is 2.29 bits per heavy atom. The number of benzene rings is 1. The van der Waals surface area contributed by atoms with Crippen LogP contribution >= 0.6 is 15.9 Å².